The minimum absolute atomic E-state index is 0.610. The lowest BCUT2D eigenvalue weighted by Gasteiger charge is -2.11. The van der Waals surface area contributed by atoms with Crippen LogP contribution in [0.25, 0.3) is 0 Å². The first-order valence-electron chi connectivity index (χ1n) is 6.38. The molecule has 0 atom stereocenters. The van der Waals surface area contributed by atoms with Gasteiger partial charge in [0.1, 0.15) is 5.75 Å². The number of hydrogen-bond acceptors (Lipinski definition) is 3. The molecule has 2 N–H and O–H groups in total. The van der Waals surface area contributed by atoms with Crippen molar-refractivity contribution in [3.63, 3.8) is 0 Å². The van der Waals surface area contributed by atoms with E-state index in [1.807, 2.05) is 19.4 Å². The summed E-state index contributed by atoms with van der Waals surface area (Å²) in [6.45, 7) is 1.25. The number of nitrogens with zero attached hydrogens (tertiary/aromatic N) is 2. The topological polar surface area (TPSA) is 53.1 Å². The van der Waals surface area contributed by atoms with Gasteiger partial charge >= 0.3 is 0 Å². The lowest BCUT2D eigenvalue weighted by atomic mass is 10.1. The quantitative estimate of drug-likeness (QED) is 0.807. The fourth-order valence-electron chi connectivity index (χ4n) is 1.93. The predicted octanol–water partition coefficient (Wildman–Crippen LogP) is 3.07. The van der Waals surface area contributed by atoms with Gasteiger partial charge in [0.2, 0.25) is 0 Å². The first-order valence-corrected chi connectivity index (χ1v) is 7.97. The molecule has 0 aliphatic rings. The molecule has 1 heterocycles. The minimum atomic E-state index is 0.610. The Labute approximate surface area is 135 Å². The van der Waals surface area contributed by atoms with E-state index in [1.54, 1.807) is 4.68 Å². The molecular formula is C14H17Br2N3O. The van der Waals surface area contributed by atoms with Gasteiger partial charge in [-0.2, -0.15) is 5.10 Å². The van der Waals surface area contributed by atoms with Crippen LogP contribution < -0.4 is 10.5 Å². The second-order valence-corrected chi connectivity index (χ2v) is 6.26. The summed E-state index contributed by atoms with van der Waals surface area (Å²) in [5.41, 5.74) is 7.93. The van der Waals surface area contributed by atoms with E-state index in [0.717, 1.165) is 27.5 Å². The standard InChI is InChI=1S/C14H17Br2N3O/c1-19-9-11(8-18-19)3-5-20-14-12(15)6-10(2-4-17)7-13(14)16/h6-9H,2-5,17H2,1H3. The normalized spacial score (nSPS) is 10.8. The Morgan fingerprint density at radius 2 is 1.90 bits per heavy atom. The van der Waals surface area contributed by atoms with Gasteiger partial charge in [0.05, 0.1) is 21.7 Å². The van der Waals surface area contributed by atoms with E-state index in [2.05, 4.69) is 49.1 Å². The van der Waals surface area contributed by atoms with Crippen molar-refractivity contribution in [2.45, 2.75) is 12.8 Å². The molecular weight excluding hydrogens is 386 g/mol. The summed E-state index contributed by atoms with van der Waals surface area (Å²) in [4.78, 5) is 0. The average molecular weight is 403 g/mol. The molecule has 1 aromatic heterocycles. The Kier molecular flexibility index (Phi) is 5.63. The fourth-order valence-corrected chi connectivity index (χ4v) is 3.44. The third-order valence-corrected chi connectivity index (χ3v) is 4.06. The summed E-state index contributed by atoms with van der Waals surface area (Å²) >= 11 is 7.09. The first-order chi connectivity index (χ1) is 9.60. The van der Waals surface area contributed by atoms with Crippen LogP contribution in [0.4, 0.5) is 0 Å². The van der Waals surface area contributed by atoms with Crippen LogP contribution in [0.1, 0.15) is 11.1 Å². The van der Waals surface area contributed by atoms with Crippen molar-refractivity contribution in [3.8, 4) is 5.75 Å². The molecule has 0 saturated carbocycles. The monoisotopic (exact) mass is 401 g/mol. The third-order valence-electron chi connectivity index (χ3n) is 2.89. The molecule has 0 amide bonds. The van der Waals surface area contributed by atoms with Gasteiger partial charge < -0.3 is 10.5 Å². The van der Waals surface area contributed by atoms with Crippen LogP contribution in [0.5, 0.6) is 5.75 Å². The molecule has 0 fully saturated rings. The Hall–Kier alpha value is -0.850. The second kappa shape index (κ2) is 7.24. The number of nitrogens with two attached hydrogens (primary N) is 1. The van der Waals surface area contributed by atoms with Crippen LogP contribution in [0, 0.1) is 0 Å². The summed E-state index contributed by atoms with van der Waals surface area (Å²) in [6, 6.07) is 4.11. The van der Waals surface area contributed by atoms with Gasteiger partial charge in [0.15, 0.2) is 0 Å². The SMILES string of the molecule is Cn1cc(CCOc2c(Br)cc(CCN)cc2Br)cn1. The number of rotatable bonds is 6. The molecule has 1 aromatic carbocycles. The van der Waals surface area contributed by atoms with Gasteiger partial charge in [0, 0.05) is 19.7 Å². The number of hydrogen-bond donors (Lipinski definition) is 1. The smallest absolute Gasteiger partial charge is 0.147 e. The van der Waals surface area contributed by atoms with Crippen LogP contribution in [0.3, 0.4) is 0 Å². The summed E-state index contributed by atoms with van der Waals surface area (Å²) < 4.78 is 9.54. The van der Waals surface area contributed by atoms with Crippen molar-refractivity contribution in [1.29, 1.82) is 0 Å². The zero-order chi connectivity index (χ0) is 14.5. The van der Waals surface area contributed by atoms with E-state index >= 15 is 0 Å². The summed E-state index contributed by atoms with van der Waals surface area (Å²) in [5.74, 6) is 0.828. The number of halogens is 2. The molecule has 0 spiro atoms. The summed E-state index contributed by atoms with van der Waals surface area (Å²) in [5, 5.41) is 4.14. The Balaban J connectivity index is 1.98. The van der Waals surface area contributed by atoms with Gasteiger partial charge in [-0.1, -0.05) is 0 Å². The van der Waals surface area contributed by atoms with E-state index < -0.39 is 0 Å². The molecule has 6 heteroatoms. The van der Waals surface area contributed by atoms with E-state index in [-0.39, 0.29) is 0 Å². The molecule has 2 rings (SSSR count). The van der Waals surface area contributed by atoms with Crippen molar-refractivity contribution >= 4 is 31.9 Å². The summed E-state index contributed by atoms with van der Waals surface area (Å²) in [7, 11) is 1.91. The van der Waals surface area contributed by atoms with Gasteiger partial charge in [-0.15, -0.1) is 0 Å². The largest absolute Gasteiger partial charge is 0.491 e. The van der Waals surface area contributed by atoms with Gasteiger partial charge in [0.25, 0.3) is 0 Å². The van der Waals surface area contributed by atoms with Crippen LogP contribution in [-0.4, -0.2) is 22.9 Å². The number of benzene rings is 1. The third kappa shape index (κ3) is 4.07. The number of aromatic nitrogens is 2. The molecule has 0 radical (unpaired) electrons. The molecule has 0 bridgehead atoms. The Morgan fingerprint density at radius 3 is 2.45 bits per heavy atom. The average Bonchev–Trinajstić information content (AvgIpc) is 2.79. The highest BCUT2D eigenvalue weighted by molar-refractivity contribution is 9.11. The van der Waals surface area contributed by atoms with E-state index in [4.69, 9.17) is 10.5 Å². The highest BCUT2D eigenvalue weighted by Gasteiger charge is 2.09. The maximum Gasteiger partial charge on any atom is 0.147 e. The van der Waals surface area contributed by atoms with Gasteiger partial charge in [-0.25, -0.2) is 0 Å². The molecule has 0 saturated heterocycles. The van der Waals surface area contributed by atoms with E-state index in [9.17, 15) is 0 Å². The second-order valence-electron chi connectivity index (χ2n) is 4.55. The number of ether oxygens (including phenoxy) is 1. The lowest BCUT2D eigenvalue weighted by molar-refractivity contribution is 0.318. The molecule has 0 aliphatic heterocycles. The highest BCUT2D eigenvalue weighted by atomic mass is 79.9. The maximum atomic E-state index is 5.85. The van der Waals surface area contributed by atoms with Gasteiger partial charge in [-0.3, -0.25) is 4.68 Å². The Bertz CT molecular complexity index is 561. The van der Waals surface area contributed by atoms with Crippen molar-refractivity contribution in [2.75, 3.05) is 13.2 Å². The van der Waals surface area contributed by atoms with Gasteiger partial charge in [-0.05, 0) is 68.1 Å². The van der Waals surface area contributed by atoms with E-state index in [1.165, 1.54) is 11.1 Å². The zero-order valence-electron chi connectivity index (χ0n) is 11.3. The Morgan fingerprint density at radius 1 is 1.20 bits per heavy atom. The molecule has 20 heavy (non-hydrogen) atoms. The predicted molar refractivity (Wildman–Crippen MR) is 87.0 cm³/mol. The highest BCUT2D eigenvalue weighted by Crippen LogP contribution is 2.35. The molecule has 0 unspecified atom stereocenters. The molecule has 2 aromatic rings. The van der Waals surface area contributed by atoms with Crippen LogP contribution in [0.2, 0.25) is 0 Å². The van der Waals surface area contributed by atoms with Crippen molar-refractivity contribution in [2.24, 2.45) is 12.8 Å². The summed E-state index contributed by atoms with van der Waals surface area (Å²) in [6.07, 6.45) is 5.54. The lowest BCUT2D eigenvalue weighted by Crippen LogP contribution is -2.05. The van der Waals surface area contributed by atoms with Crippen molar-refractivity contribution in [1.82, 2.24) is 9.78 Å². The molecule has 108 valence electrons. The molecule has 0 aliphatic carbocycles. The minimum Gasteiger partial charge on any atom is -0.491 e. The molecule has 4 nitrogen and oxygen atoms in total. The van der Waals surface area contributed by atoms with E-state index in [0.29, 0.717) is 13.2 Å². The van der Waals surface area contributed by atoms with Crippen LogP contribution in [-0.2, 0) is 19.9 Å². The van der Waals surface area contributed by atoms with Crippen molar-refractivity contribution in [3.05, 3.63) is 44.6 Å². The van der Waals surface area contributed by atoms with Crippen LogP contribution in [0.15, 0.2) is 33.5 Å². The fraction of sp³-hybridized carbons (Fsp3) is 0.357. The zero-order valence-corrected chi connectivity index (χ0v) is 14.4. The van der Waals surface area contributed by atoms with Crippen molar-refractivity contribution < 1.29 is 4.74 Å². The first kappa shape index (κ1) is 15.5. The number of aryl methyl sites for hydroxylation is 1. The van der Waals surface area contributed by atoms with Crippen LogP contribution >= 0.6 is 31.9 Å². The maximum absolute atomic E-state index is 5.85.